The van der Waals surface area contributed by atoms with Crippen molar-refractivity contribution in [3.63, 3.8) is 0 Å². The maximum atomic E-state index is 11.2. The largest absolute Gasteiger partial charge is 0.394 e. The maximum Gasteiger partial charge on any atom is 0.117 e. The van der Waals surface area contributed by atoms with Crippen LogP contribution in [0.3, 0.4) is 0 Å². The Morgan fingerprint density at radius 2 is 0.526 bits per heavy atom. The van der Waals surface area contributed by atoms with Gasteiger partial charge in [-0.1, -0.05) is 0 Å². The van der Waals surface area contributed by atoms with Gasteiger partial charge in [-0.2, -0.15) is 58.8 Å². The minimum atomic E-state index is -1.09. The zero-order chi connectivity index (χ0) is 85.5. The van der Waals surface area contributed by atoms with E-state index in [4.69, 9.17) is 96.1 Å². The van der Waals surface area contributed by atoms with Gasteiger partial charge in [-0.25, -0.2) is 0 Å². The highest BCUT2D eigenvalue weighted by molar-refractivity contribution is 14.1. The quantitative estimate of drug-likeness (QED) is 0.0382. The molecular formula is C78H161I2N5O26S5. The van der Waals surface area contributed by atoms with Crippen LogP contribution < -0.4 is 0 Å². The van der Waals surface area contributed by atoms with Crippen molar-refractivity contribution in [1.29, 1.82) is 0 Å². The Balaban J connectivity index is 6.61. The normalized spacial score (nSPS) is 15.8. The van der Waals surface area contributed by atoms with Gasteiger partial charge in [-0.3, -0.25) is 0 Å². The summed E-state index contributed by atoms with van der Waals surface area (Å²) in [5, 5.41) is 53.3. The van der Waals surface area contributed by atoms with Crippen LogP contribution in [0.4, 0.5) is 0 Å². The molecule has 38 heteroatoms. The molecule has 13 unspecified atom stereocenters. The van der Waals surface area contributed by atoms with E-state index in [-0.39, 0.29) is 144 Å². The van der Waals surface area contributed by atoms with Crippen molar-refractivity contribution in [2.45, 2.75) is 132 Å². The molecule has 0 spiro atoms. The van der Waals surface area contributed by atoms with Crippen molar-refractivity contribution < 1.29 is 122 Å². The van der Waals surface area contributed by atoms with Crippen LogP contribution in [0.2, 0.25) is 0 Å². The molecule has 0 bridgehead atoms. The first kappa shape index (κ1) is 118. The molecule has 0 heterocycles. The summed E-state index contributed by atoms with van der Waals surface area (Å²) in [5.41, 5.74) is 0. The van der Waals surface area contributed by atoms with E-state index in [9.17, 15) is 25.5 Å². The van der Waals surface area contributed by atoms with Gasteiger partial charge in [-0.05, 0) is 152 Å². The molecule has 0 aliphatic rings. The molecule has 0 aliphatic heterocycles. The summed E-state index contributed by atoms with van der Waals surface area (Å²) in [6, 6.07) is 0. The topological polar surface area (TPSA) is 311 Å². The first-order chi connectivity index (χ1) is 56.2. The second kappa shape index (κ2) is 87.6. The first-order valence-corrected chi connectivity index (χ1v) is 48.9. The van der Waals surface area contributed by atoms with Gasteiger partial charge in [0.15, 0.2) is 0 Å². The molecular weight excluding hydrogens is 1840 g/mol. The molecule has 13 atom stereocenters. The summed E-state index contributed by atoms with van der Waals surface area (Å²) in [6.45, 7) is 16.1. The summed E-state index contributed by atoms with van der Waals surface area (Å²) < 4.78 is 128. The van der Waals surface area contributed by atoms with Crippen LogP contribution in [-0.2, 0) is 96.1 Å². The van der Waals surface area contributed by atoms with Gasteiger partial charge < -0.3 is 146 Å². The highest BCUT2D eigenvalue weighted by Gasteiger charge is 2.25. The molecule has 0 aromatic heterocycles. The predicted octanol–water partition coefficient (Wildman–Crippen LogP) is 5.27. The van der Waals surface area contributed by atoms with Gasteiger partial charge in [0.1, 0.15) is 119 Å². The Kier molecular flexibility index (Phi) is 89.1. The predicted molar refractivity (Wildman–Crippen MR) is 486 cm³/mol. The Bertz CT molecular complexity index is 2010. The van der Waals surface area contributed by atoms with E-state index in [0.29, 0.717) is 72.7 Å². The Morgan fingerprint density at radius 1 is 0.259 bits per heavy atom. The second-order valence-corrected chi connectivity index (χ2v) is 36.5. The van der Waals surface area contributed by atoms with Crippen LogP contribution in [-0.4, -0.2) is 502 Å². The van der Waals surface area contributed by atoms with E-state index in [1.54, 1.807) is 0 Å². The zero-order valence-electron chi connectivity index (χ0n) is 73.1. The van der Waals surface area contributed by atoms with Crippen LogP contribution in [0.15, 0.2) is 0 Å². The number of aliphatic hydroxyl groups is 5. The van der Waals surface area contributed by atoms with Crippen LogP contribution in [0, 0.1) is 0 Å². The molecule has 0 saturated carbocycles. The molecule has 0 rings (SSSR count). The number of hydrogen-bond acceptors (Lipinski definition) is 36. The number of halogens is 2. The summed E-state index contributed by atoms with van der Waals surface area (Å²) in [6.07, 6.45) is -3.73. The third-order valence-corrected chi connectivity index (χ3v) is 22.5. The van der Waals surface area contributed by atoms with Gasteiger partial charge in [0.05, 0.1) is 171 Å². The molecule has 116 heavy (non-hydrogen) atoms. The summed E-state index contributed by atoms with van der Waals surface area (Å²) in [7, 11) is 20.7. The van der Waals surface area contributed by atoms with E-state index in [1.165, 1.54) is 0 Å². The third kappa shape index (κ3) is 81.7. The first-order valence-electron chi connectivity index (χ1n) is 41.4. The molecule has 0 aliphatic carbocycles. The Hall–Kier alpha value is 1.97. The summed E-state index contributed by atoms with van der Waals surface area (Å²) >= 11 is 13.2. The molecule has 0 aromatic carbocycles. The van der Waals surface area contributed by atoms with Gasteiger partial charge in [-0.15, -0.1) is 0 Å². The summed E-state index contributed by atoms with van der Waals surface area (Å²) in [5.74, 6) is 10.2. The van der Waals surface area contributed by atoms with Crippen molar-refractivity contribution in [2.24, 2.45) is 0 Å². The molecule has 31 nitrogen and oxygen atoms in total. The lowest BCUT2D eigenvalue weighted by Gasteiger charge is -2.27. The van der Waals surface area contributed by atoms with E-state index in [0.717, 1.165) is 122 Å². The summed E-state index contributed by atoms with van der Waals surface area (Å²) in [4.78, 5) is 10.9. The fourth-order valence-corrected chi connectivity index (χ4v) is 15.4. The number of aliphatic hydroxyl groups excluding tert-OH is 5. The smallest absolute Gasteiger partial charge is 0.117 e. The molecule has 0 saturated heterocycles. The van der Waals surface area contributed by atoms with Gasteiger partial charge >= 0.3 is 0 Å². The zero-order valence-corrected chi connectivity index (χ0v) is 81.5. The van der Waals surface area contributed by atoms with Crippen molar-refractivity contribution in [2.75, 3.05) is 372 Å². The number of ether oxygens (including phenoxy) is 19. The second-order valence-electron chi connectivity index (χ2n) is 29.3. The fourth-order valence-electron chi connectivity index (χ4n) is 9.58. The number of thioether (sulfide) groups is 5. The average molecular weight is 2000 g/mol. The highest BCUT2D eigenvalue weighted by atomic mass is 127. The minimum Gasteiger partial charge on any atom is -0.394 e. The van der Waals surface area contributed by atoms with Crippen molar-refractivity contribution in [1.82, 2.24) is 24.5 Å². The lowest BCUT2D eigenvalue weighted by Crippen LogP contribution is -2.38. The third-order valence-electron chi connectivity index (χ3n) is 16.2. The van der Waals surface area contributed by atoms with Crippen molar-refractivity contribution in [3.05, 3.63) is 0 Å². The lowest BCUT2D eigenvalue weighted by molar-refractivity contribution is -0.149. The molecule has 0 aromatic rings. The Labute approximate surface area is 749 Å². The lowest BCUT2D eigenvalue weighted by atomic mass is 10.3. The monoisotopic (exact) mass is 2000 g/mol. The molecule has 698 valence electrons. The van der Waals surface area contributed by atoms with Crippen molar-refractivity contribution in [3.8, 4) is 0 Å². The maximum absolute atomic E-state index is 11.2. The van der Waals surface area contributed by atoms with Gasteiger partial charge in [0, 0.05) is 108 Å². The van der Waals surface area contributed by atoms with Gasteiger partial charge in [0.25, 0.3) is 0 Å². The van der Waals surface area contributed by atoms with E-state index in [1.807, 2.05) is 126 Å². The number of nitrogens with zero attached hydrogens (tertiary/aromatic N) is 5. The average Bonchev–Trinajstić information content (AvgIpc) is 0.926. The van der Waals surface area contributed by atoms with Crippen molar-refractivity contribution >= 4 is 105 Å². The van der Waals surface area contributed by atoms with Crippen LogP contribution in [0.1, 0.15) is 52.9 Å². The van der Waals surface area contributed by atoms with Crippen LogP contribution in [0.5, 0.6) is 0 Å². The van der Waals surface area contributed by atoms with Gasteiger partial charge in [0.2, 0.25) is 0 Å². The standard InChI is InChI=1S/C78H161I2N5O26S5/c1-14-91-52-72(103-29-19-34-115-39-24-84(10)11)54-96-46-68(89)47-97-55-73(109-64-78(111-80)60-93-27-17-32-113-37-22-82(6)7)56-100-58-76(107-62-74(101-15-2)53-92-26-16-31-112-36-21-81(4)5)63-108-75(61-105-66(3)43-94-50-70(41-86)102-28-18-33-114-38-23-83(8)9)57-99-51-71(42-87)106-49-69(90)48-95-44-67(88)45-98-59-77(65-110-79)104-30-20-35-116-40-25-85(12)13/h66-78,86-90H,14-65H2,1-13H3. The molecule has 0 fully saturated rings. The number of rotatable bonds is 95. The van der Waals surface area contributed by atoms with Crippen LogP contribution in [0.25, 0.3) is 0 Å². The number of hydrogen-bond donors (Lipinski definition) is 5. The SMILES string of the molecule is CCOCC(COCC(O)COCC(COCC(COC(COCC(CO)OCC(O)COCC(O)COCC(COI)OCCCSCCN(C)C)COC(C)COCC(CO)OCCCSCCN(C)C)OCC(COCCCSCCN(C)C)OCC)OCC(COCCCSCCN(C)C)OI)OCCCSCCN(C)C. The fraction of sp³-hybridized carbons (Fsp3) is 1.00. The molecule has 5 N–H and O–H groups in total. The Morgan fingerprint density at radius 3 is 0.897 bits per heavy atom. The van der Waals surface area contributed by atoms with E-state index in [2.05, 4.69) is 95.0 Å². The van der Waals surface area contributed by atoms with Crippen LogP contribution >= 0.6 is 105 Å². The highest BCUT2D eigenvalue weighted by Crippen LogP contribution is 2.15. The van der Waals surface area contributed by atoms with E-state index < -0.39 is 73.8 Å². The molecule has 0 radical (unpaired) electrons. The molecule has 0 amide bonds. The van der Waals surface area contributed by atoms with E-state index >= 15 is 0 Å². The minimum absolute atomic E-state index is 0.000468.